The predicted octanol–water partition coefficient (Wildman–Crippen LogP) is 5.98. The standard InChI is InChI=1S/C20H19Cl2N3/c1-13-6-4-5-11-25(13)20-16-7-2-3-8-18(16)23-19(24-20)15-10-9-14(21)12-17(15)22/h2-3,7-10,12-13H,4-6,11H2,1H3. The molecule has 1 unspecified atom stereocenters. The molecule has 0 saturated carbocycles. The van der Waals surface area contributed by atoms with E-state index in [2.05, 4.69) is 17.9 Å². The van der Waals surface area contributed by atoms with E-state index in [1.54, 1.807) is 6.07 Å². The molecule has 25 heavy (non-hydrogen) atoms. The summed E-state index contributed by atoms with van der Waals surface area (Å²) in [5, 5.41) is 2.27. The van der Waals surface area contributed by atoms with Crippen molar-refractivity contribution >= 4 is 39.9 Å². The zero-order chi connectivity index (χ0) is 17.4. The van der Waals surface area contributed by atoms with Gasteiger partial charge in [-0.05, 0) is 56.5 Å². The Hall–Kier alpha value is -1.84. The monoisotopic (exact) mass is 371 g/mol. The smallest absolute Gasteiger partial charge is 0.163 e. The number of hydrogen-bond donors (Lipinski definition) is 0. The van der Waals surface area contributed by atoms with Crippen LogP contribution in [0.3, 0.4) is 0 Å². The number of halogens is 2. The molecule has 0 bridgehead atoms. The predicted molar refractivity (Wildman–Crippen MR) is 106 cm³/mol. The summed E-state index contributed by atoms with van der Waals surface area (Å²) in [6.45, 7) is 3.29. The van der Waals surface area contributed by atoms with E-state index in [0.29, 0.717) is 21.9 Å². The highest BCUT2D eigenvalue weighted by Gasteiger charge is 2.23. The third kappa shape index (κ3) is 3.19. The number of piperidine rings is 1. The number of hydrogen-bond acceptors (Lipinski definition) is 3. The van der Waals surface area contributed by atoms with Gasteiger partial charge in [0.15, 0.2) is 5.82 Å². The maximum atomic E-state index is 6.40. The molecule has 2 aromatic carbocycles. The van der Waals surface area contributed by atoms with Crippen LogP contribution in [0.1, 0.15) is 26.2 Å². The third-order valence-corrected chi connectivity index (χ3v) is 5.38. The van der Waals surface area contributed by atoms with Crippen LogP contribution in [0.25, 0.3) is 22.3 Å². The summed E-state index contributed by atoms with van der Waals surface area (Å²) in [6, 6.07) is 14.1. The van der Waals surface area contributed by atoms with Crippen molar-refractivity contribution in [1.29, 1.82) is 0 Å². The normalized spacial score (nSPS) is 17.9. The molecule has 1 aliphatic rings. The molecule has 0 spiro atoms. The van der Waals surface area contributed by atoms with Crippen molar-refractivity contribution in [3.63, 3.8) is 0 Å². The Morgan fingerprint density at radius 3 is 2.68 bits per heavy atom. The van der Waals surface area contributed by atoms with Crippen LogP contribution in [-0.4, -0.2) is 22.6 Å². The number of rotatable bonds is 2. The van der Waals surface area contributed by atoms with E-state index < -0.39 is 0 Å². The molecule has 5 heteroatoms. The van der Waals surface area contributed by atoms with E-state index in [-0.39, 0.29) is 0 Å². The minimum atomic E-state index is 0.473. The van der Waals surface area contributed by atoms with E-state index >= 15 is 0 Å². The second-order valence-electron chi connectivity index (χ2n) is 6.55. The zero-order valence-corrected chi connectivity index (χ0v) is 15.6. The summed E-state index contributed by atoms with van der Waals surface area (Å²) in [6.07, 6.45) is 3.66. The molecule has 3 nitrogen and oxygen atoms in total. The van der Waals surface area contributed by atoms with Crippen LogP contribution >= 0.6 is 23.2 Å². The number of aromatic nitrogens is 2. The van der Waals surface area contributed by atoms with Crippen molar-refractivity contribution in [1.82, 2.24) is 9.97 Å². The summed E-state index contributed by atoms with van der Waals surface area (Å²) in [4.78, 5) is 12.1. The lowest BCUT2D eigenvalue weighted by molar-refractivity contribution is 0.482. The lowest BCUT2D eigenvalue weighted by atomic mass is 10.0. The molecule has 0 radical (unpaired) electrons. The molecular formula is C20H19Cl2N3. The summed E-state index contributed by atoms with van der Waals surface area (Å²) >= 11 is 12.4. The van der Waals surface area contributed by atoms with Gasteiger partial charge in [-0.15, -0.1) is 0 Å². The van der Waals surface area contributed by atoms with Gasteiger partial charge in [0.1, 0.15) is 5.82 Å². The van der Waals surface area contributed by atoms with Crippen molar-refractivity contribution in [3.05, 3.63) is 52.5 Å². The first-order valence-electron chi connectivity index (χ1n) is 8.62. The van der Waals surface area contributed by atoms with Crippen LogP contribution in [0.4, 0.5) is 5.82 Å². The zero-order valence-electron chi connectivity index (χ0n) is 14.0. The molecule has 0 N–H and O–H groups in total. The minimum Gasteiger partial charge on any atom is -0.353 e. The van der Waals surface area contributed by atoms with Crippen molar-refractivity contribution in [2.75, 3.05) is 11.4 Å². The Morgan fingerprint density at radius 1 is 1.04 bits per heavy atom. The Balaban J connectivity index is 1.92. The highest BCUT2D eigenvalue weighted by molar-refractivity contribution is 6.36. The van der Waals surface area contributed by atoms with E-state index in [1.807, 2.05) is 30.3 Å². The second-order valence-corrected chi connectivity index (χ2v) is 7.39. The van der Waals surface area contributed by atoms with E-state index in [1.165, 1.54) is 19.3 Å². The molecule has 3 aromatic rings. The fraction of sp³-hybridized carbons (Fsp3) is 0.300. The number of anilines is 1. The average Bonchev–Trinajstić information content (AvgIpc) is 2.61. The van der Waals surface area contributed by atoms with Gasteiger partial charge in [0.25, 0.3) is 0 Å². The maximum absolute atomic E-state index is 6.40. The fourth-order valence-corrected chi connectivity index (χ4v) is 3.98. The third-order valence-electron chi connectivity index (χ3n) is 4.83. The van der Waals surface area contributed by atoms with E-state index in [0.717, 1.165) is 28.8 Å². The molecule has 4 rings (SSSR count). The first kappa shape index (κ1) is 16.6. The molecule has 1 fully saturated rings. The Bertz CT molecular complexity index is 926. The Morgan fingerprint density at radius 2 is 1.88 bits per heavy atom. The van der Waals surface area contributed by atoms with Gasteiger partial charge in [-0.2, -0.15) is 0 Å². The minimum absolute atomic E-state index is 0.473. The SMILES string of the molecule is CC1CCCCN1c1nc(-c2ccc(Cl)cc2Cl)nc2ccccc12. The number of fused-ring (bicyclic) bond motifs is 1. The number of nitrogens with zero attached hydrogens (tertiary/aromatic N) is 3. The van der Waals surface area contributed by atoms with Crippen LogP contribution in [0, 0.1) is 0 Å². The number of para-hydroxylation sites is 1. The van der Waals surface area contributed by atoms with Crippen LogP contribution in [0.5, 0.6) is 0 Å². The van der Waals surface area contributed by atoms with Crippen molar-refractivity contribution in [2.24, 2.45) is 0 Å². The molecule has 0 amide bonds. The topological polar surface area (TPSA) is 29.0 Å². The molecule has 128 valence electrons. The van der Waals surface area contributed by atoms with Crippen LogP contribution in [-0.2, 0) is 0 Å². The first-order valence-corrected chi connectivity index (χ1v) is 9.38. The average molecular weight is 372 g/mol. The quantitative estimate of drug-likeness (QED) is 0.554. The molecule has 2 heterocycles. The second kappa shape index (κ2) is 6.81. The molecule has 1 atom stereocenters. The maximum Gasteiger partial charge on any atom is 0.163 e. The van der Waals surface area contributed by atoms with Crippen molar-refractivity contribution in [3.8, 4) is 11.4 Å². The largest absolute Gasteiger partial charge is 0.353 e. The Labute approximate surface area is 157 Å². The van der Waals surface area contributed by atoms with Crippen LogP contribution in [0.2, 0.25) is 10.0 Å². The van der Waals surface area contributed by atoms with Crippen LogP contribution in [0.15, 0.2) is 42.5 Å². The van der Waals surface area contributed by atoms with Gasteiger partial charge < -0.3 is 4.90 Å². The van der Waals surface area contributed by atoms with Crippen molar-refractivity contribution < 1.29 is 0 Å². The van der Waals surface area contributed by atoms with Crippen LogP contribution < -0.4 is 4.90 Å². The van der Waals surface area contributed by atoms with Gasteiger partial charge in [-0.1, -0.05) is 35.3 Å². The molecule has 1 saturated heterocycles. The molecular weight excluding hydrogens is 353 g/mol. The van der Waals surface area contributed by atoms with Gasteiger partial charge >= 0.3 is 0 Å². The van der Waals surface area contributed by atoms with E-state index in [4.69, 9.17) is 33.2 Å². The lowest BCUT2D eigenvalue weighted by Crippen LogP contribution is -2.38. The fourth-order valence-electron chi connectivity index (χ4n) is 3.48. The Kier molecular flexibility index (Phi) is 4.53. The van der Waals surface area contributed by atoms with Gasteiger partial charge in [0.2, 0.25) is 0 Å². The lowest BCUT2D eigenvalue weighted by Gasteiger charge is -2.35. The first-order chi connectivity index (χ1) is 12.1. The summed E-state index contributed by atoms with van der Waals surface area (Å²) in [5.74, 6) is 1.65. The van der Waals surface area contributed by atoms with E-state index in [9.17, 15) is 0 Å². The summed E-state index contributed by atoms with van der Waals surface area (Å²) < 4.78 is 0. The highest BCUT2D eigenvalue weighted by Crippen LogP contribution is 2.34. The molecule has 0 aliphatic carbocycles. The molecule has 1 aliphatic heterocycles. The van der Waals surface area contributed by atoms with Gasteiger partial charge in [0.05, 0.1) is 10.5 Å². The number of benzene rings is 2. The van der Waals surface area contributed by atoms with Gasteiger partial charge in [-0.3, -0.25) is 0 Å². The summed E-state index contributed by atoms with van der Waals surface area (Å²) in [5.41, 5.74) is 1.74. The molecule has 1 aromatic heterocycles. The summed E-state index contributed by atoms with van der Waals surface area (Å²) in [7, 11) is 0. The van der Waals surface area contributed by atoms with Crippen molar-refractivity contribution in [2.45, 2.75) is 32.2 Å². The van der Waals surface area contributed by atoms with Gasteiger partial charge in [0, 0.05) is 28.6 Å². The van der Waals surface area contributed by atoms with Gasteiger partial charge in [-0.25, -0.2) is 9.97 Å². The highest BCUT2D eigenvalue weighted by atomic mass is 35.5.